The number of amides is 1. The largest absolute Gasteiger partial charge is 0.371 e. The Morgan fingerprint density at radius 3 is 2.47 bits per heavy atom. The van der Waals surface area contributed by atoms with Gasteiger partial charge < -0.3 is 10.2 Å². The molecule has 1 saturated heterocycles. The monoisotopic (exact) mass is 415 g/mol. The number of nitro groups is 1. The van der Waals surface area contributed by atoms with Gasteiger partial charge in [-0.2, -0.15) is 0 Å². The van der Waals surface area contributed by atoms with E-state index < -0.39 is 34.4 Å². The average molecular weight is 415 g/mol. The molecule has 0 unspecified atom stereocenters. The molecule has 30 heavy (non-hydrogen) atoms. The molecule has 2 fully saturated rings. The fourth-order valence-electron chi connectivity index (χ4n) is 4.13. The Balaban J connectivity index is 1.56. The number of hydrogen-bond donors (Lipinski definition) is 1. The minimum Gasteiger partial charge on any atom is -0.371 e. The maximum Gasteiger partial charge on any atom is 0.270 e. The van der Waals surface area contributed by atoms with Crippen molar-refractivity contribution in [3.8, 4) is 0 Å². The predicted octanol–water partition coefficient (Wildman–Crippen LogP) is 4.40. The molecular formula is C22H23F2N3O3. The topological polar surface area (TPSA) is 75.5 Å². The summed E-state index contributed by atoms with van der Waals surface area (Å²) in [5.74, 6) is -1.56. The normalized spacial score (nSPS) is 21.4. The van der Waals surface area contributed by atoms with Crippen molar-refractivity contribution in [3.05, 3.63) is 69.3 Å². The maximum absolute atomic E-state index is 14.0. The molecule has 1 N–H and O–H groups in total. The Morgan fingerprint density at radius 1 is 1.17 bits per heavy atom. The molecule has 6 nitrogen and oxygen atoms in total. The van der Waals surface area contributed by atoms with Crippen molar-refractivity contribution in [2.24, 2.45) is 5.92 Å². The van der Waals surface area contributed by atoms with Crippen molar-refractivity contribution in [1.82, 2.24) is 5.32 Å². The molecule has 8 heteroatoms. The van der Waals surface area contributed by atoms with E-state index in [9.17, 15) is 23.7 Å². The number of non-ortho nitro benzene ring substituents is 1. The molecule has 1 heterocycles. The van der Waals surface area contributed by atoms with E-state index >= 15 is 0 Å². The number of hydrogen-bond acceptors (Lipinski definition) is 4. The molecule has 158 valence electrons. The first-order valence-electron chi connectivity index (χ1n) is 10.1. The van der Waals surface area contributed by atoms with E-state index in [4.69, 9.17) is 0 Å². The van der Waals surface area contributed by atoms with Crippen LogP contribution < -0.4 is 10.2 Å². The van der Waals surface area contributed by atoms with Crippen LogP contribution in [0.4, 0.5) is 20.2 Å². The van der Waals surface area contributed by atoms with Crippen molar-refractivity contribution in [1.29, 1.82) is 0 Å². The van der Waals surface area contributed by atoms with Crippen molar-refractivity contribution in [2.45, 2.75) is 38.1 Å². The van der Waals surface area contributed by atoms with Crippen LogP contribution in [-0.4, -0.2) is 30.0 Å². The van der Waals surface area contributed by atoms with Crippen molar-refractivity contribution < 1.29 is 18.5 Å². The number of benzene rings is 2. The summed E-state index contributed by atoms with van der Waals surface area (Å²) in [5, 5.41) is 14.0. The number of anilines is 1. The molecule has 2 aromatic rings. The smallest absolute Gasteiger partial charge is 0.270 e. The molecule has 2 aliphatic rings. The first-order chi connectivity index (χ1) is 14.3. The van der Waals surface area contributed by atoms with Crippen LogP contribution >= 0.6 is 0 Å². The zero-order chi connectivity index (χ0) is 21.4. The molecule has 1 saturated carbocycles. The van der Waals surface area contributed by atoms with E-state index in [1.54, 1.807) is 6.07 Å². The van der Waals surface area contributed by atoms with Gasteiger partial charge in [0, 0.05) is 42.7 Å². The fourth-order valence-corrected chi connectivity index (χ4v) is 4.13. The van der Waals surface area contributed by atoms with Gasteiger partial charge in [0.25, 0.3) is 11.6 Å². The van der Waals surface area contributed by atoms with Crippen LogP contribution in [0.25, 0.3) is 0 Å². The second kappa shape index (κ2) is 8.01. The highest BCUT2D eigenvalue weighted by Gasteiger charge is 2.43. The number of carbonyl (C=O) groups is 1. The SMILES string of the molecule is CC1CCN(c2ccc([N+](=O)[O-])cc2C(=O)N[C@@H]2C[C@H]2c2c(F)cccc2F)CC1. The number of carbonyl (C=O) groups excluding carboxylic acids is 1. The van der Waals surface area contributed by atoms with E-state index in [0.29, 0.717) is 18.0 Å². The highest BCUT2D eigenvalue weighted by molar-refractivity contribution is 6.01. The van der Waals surface area contributed by atoms with Crippen LogP contribution in [-0.2, 0) is 0 Å². The molecule has 2 aromatic carbocycles. The number of nitrogens with zero attached hydrogens (tertiary/aromatic N) is 2. The minimum absolute atomic E-state index is 0.0212. The highest BCUT2D eigenvalue weighted by Crippen LogP contribution is 2.43. The summed E-state index contributed by atoms with van der Waals surface area (Å²) in [4.78, 5) is 25.8. The summed E-state index contributed by atoms with van der Waals surface area (Å²) in [6, 6.07) is 7.60. The van der Waals surface area contributed by atoms with Gasteiger partial charge in [-0.1, -0.05) is 13.0 Å². The van der Waals surface area contributed by atoms with Gasteiger partial charge in [-0.25, -0.2) is 8.78 Å². The summed E-state index contributed by atoms with van der Waals surface area (Å²) >= 11 is 0. The third-order valence-corrected chi connectivity index (χ3v) is 6.04. The Labute approximate surface area is 173 Å². The van der Waals surface area contributed by atoms with Crippen LogP contribution in [0, 0.1) is 27.7 Å². The third kappa shape index (κ3) is 3.99. The van der Waals surface area contributed by atoms with Gasteiger partial charge in [-0.15, -0.1) is 0 Å². The number of halogens is 2. The van der Waals surface area contributed by atoms with E-state index in [2.05, 4.69) is 17.1 Å². The number of rotatable bonds is 5. The summed E-state index contributed by atoms with van der Waals surface area (Å²) in [7, 11) is 0. The first kappa shape index (κ1) is 20.3. The molecule has 2 atom stereocenters. The molecule has 0 radical (unpaired) electrons. The van der Waals surface area contributed by atoms with Gasteiger partial charge in [-0.05, 0) is 43.4 Å². The molecule has 4 rings (SSSR count). The highest BCUT2D eigenvalue weighted by atomic mass is 19.1. The molecule has 0 bridgehead atoms. The number of piperidine rings is 1. The van der Waals surface area contributed by atoms with Crippen molar-refractivity contribution >= 4 is 17.3 Å². The Morgan fingerprint density at radius 2 is 1.83 bits per heavy atom. The average Bonchev–Trinajstić information content (AvgIpc) is 3.46. The molecule has 1 amide bonds. The lowest BCUT2D eigenvalue weighted by Crippen LogP contribution is -2.35. The second-order valence-corrected chi connectivity index (χ2v) is 8.19. The van der Waals surface area contributed by atoms with E-state index in [-0.39, 0.29) is 16.8 Å². The lowest BCUT2D eigenvalue weighted by Gasteiger charge is -2.33. The number of nitro benzene ring substituents is 1. The summed E-state index contributed by atoms with van der Waals surface area (Å²) in [6.45, 7) is 3.72. The van der Waals surface area contributed by atoms with Crippen molar-refractivity contribution in [2.75, 3.05) is 18.0 Å². The molecule has 1 aliphatic heterocycles. The number of nitrogens with one attached hydrogen (secondary N) is 1. The Hall–Kier alpha value is -3.03. The summed E-state index contributed by atoms with van der Waals surface area (Å²) < 4.78 is 28.0. The predicted molar refractivity (Wildman–Crippen MR) is 109 cm³/mol. The van der Waals surface area contributed by atoms with Crippen LogP contribution in [0.1, 0.15) is 48.0 Å². The second-order valence-electron chi connectivity index (χ2n) is 8.19. The maximum atomic E-state index is 14.0. The Bertz CT molecular complexity index is 969. The van der Waals surface area contributed by atoms with Crippen molar-refractivity contribution in [3.63, 3.8) is 0 Å². The molecule has 0 spiro atoms. The lowest BCUT2D eigenvalue weighted by molar-refractivity contribution is -0.384. The van der Waals surface area contributed by atoms with Gasteiger partial charge in [0.05, 0.1) is 16.2 Å². The van der Waals surface area contributed by atoms with E-state index in [1.807, 2.05) is 0 Å². The van der Waals surface area contributed by atoms with Gasteiger partial charge in [-0.3, -0.25) is 14.9 Å². The van der Waals surface area contributed by atoms with Crippen LogP contribution in [0.2, 0.25) is 0 Å². The van der Waals surface area contributed by atoms with Gasteiger partial charge in [0.2, 0.25) is 0 Å². The molecule has 1 aliphatic carbocycles. The zero-order valence-corrected chi connectivity index (χ0v) is 16.6. The standard InChI is InChI=1S/C22H23F2N3O3/c1-13-7-9-26(10-8-13)20-6-5-14(27(29)30)11-16(20)22(28)25-19-12-15(19)21-17(23)3-2-4-18(21)24/h2-6,11,13,15,19H,7-10,12H2,1H3,(H,25,28)/t15-,19-/m1/s1. The summed E-state index contributed by atoms with van der Waals surface area (Å²) in [5.41, 5.74) is 0.687. The lowest BCUT2D eigenvalue weighted by atomic mass is 9.98. The fraction of sp³-hybridized carbons (Fsp3) is 0.409. The van der Waals surface area contributed by atoms with E-state index in [1.165, 1.54) is 30.3 Å². The first-order valence-corrected chi connectivity index (χ1v) is 10.1. The van der Waals surface area contributed by atoms with Crippen LogP contribution in [0.3, 0.4) is 0 Å². The quantitative estimate of drug-likeness (QED) is 0.580. The van der Waals surface area contributed by atoms with Crippen LogP contribution in [0.5, 0.6) is 0 Å². The van der Waals surface area contributed by atoms with Gasteiger partial charge in [0.1, 0.15) is 11.6 Å². The summed E-state index contributed by atoms with van der Waals surface area (Å²) in [6.07, 6.45) is 2.39. The van der Waals surface area contributed by atoms with Crippen LogP contribution in [0.15, 0.2) is 36.4 Å². The minimum atomic E-state index is -0.629. The van der Waals surface area contributed by atoms with Gasteiger partial charge in [0.15, 0.2) is 0 Å². The molecular weight excluding hydrogens is 392 g/mol. The van der Waals surface area contributed by atoms with E-state index in [0.717, 1.165) is 25.9 Å². The van der Waals surface area contributed by atoms with Gasteiger partial charge >= 0.3 is 0 Å². The molecule has 0 aromatic heterocycles. The third-order valence-electron chi connectivity index (χ3n) is 6.04. The Kier molecular flexibility index (Phi) is 5.40. The zero-order valence-electron chi connectivity index (χ0n) is 16.6.